The average Bonchev–Trinajstić information content (AvgIpc) is 2.82. The lowest BCUT2D eigenvalue weighted by Crippen LogP contribution is -2.35. The molecule has 1 N–H and O–H groups in total. The minimum atomic E-state index is -0.214. The Kier molecular flexibility index (Phi) is 1.93. The maximum absolute atomic E-state index is 9.84. The molecule has 2 nitrogen and oxygen atoms in total. The zero-order chi connectivity index (χ0) is 8.72. The van der Waals surface area contributed by atoms with Crippen LogP contribution in [0.5, 0.6) is 0 Å². The van der Waals surface area contributed by atoms with Crippen molar-refractivity contribution in [3.8, 4) is 0 Å². The topological polar surface area (TPSA) is 24.1 Å². The van der Waals surface area contributed by atoms with Gasteiger partial charge in [-0.05, 0) is 18.8 Å². The van der Waals surface area contributed by atoms with E-state index in [2.05, 4.69) is 16.9 Å². The van der Waals surface area contributed by atoms with Crippen molar-refractivity contribution in [2.24, 2.45) is 13.0 Å². The van der Waals surface area contributed by atoms with Crippen molar-refractivity contribution < 1.29 is 9.67 Å². The van der Waals surface area contributed by atoms with E-state index in [1.165, 1.54) is 18.5 Å². The standard InChI is InChI=1S/C9H14NOS/c1-6-5-12-9(10(6)2)8(11)7-3-4-7/h5,7-8,11H,3-4H2,1-2H3/q+1. The molecular weight excluding hydrogens is 170 g/mol. The van der Waals surface area contributed by atoms with Crippen LogP contribution in [0.1, 0.15) is 29.6 Å². The zero-order valence-electron chi connectivity index (χ0n) is 7.45. The van der Waals surface area contributed by atoms with Crippen LogP contribution in [0.2, 0.25) is 0 Å². The van der Waals surface area contributed by atoms with Gasteiger partial charge in [-0.1, -0.05) is 11.3 Å². The summed E-state index contributed by atoms with van der Waals surface area (Å²) in [6.07, 6.45) is 2.17. The summed E-state index contributed by atoms with van der Waals surface area (Å²) in [6.45, 7) is 2.07. The normalized spacial score (nSPS) is 19.6. The van der Waals surface area contributed by atoms with Gasteiger partial charge in [0.25, 0.3) is 5.01 Å². The van der Waals surface area contributed by atoms with Crippen LogP contribution >= 0.6 is 11.3 Å². The molecule has 3 heteroatoms. The Bertz CT molecular complexity index is 291. The Morgan fingerprint density at radius 1 is 1.67 bits per heavy atom. The van der Waals surface area contributed by atoms with Gasteiger partial charge in [0.1, 0.15) is 7.05 Å². The molecule has 0 aliphatic heterocycles. The molecule has 0 saturated heterocycles. The highest BCUT2D eigenvalue weighted by Crippen LogP contribution is 2.40. The van der Waals surface area contributed by atoms with E-state index in [9.17, 15) is 5.11 Å². The summed E-state index contributed by atoms with van der Waals surface area (Å²) in [6, 6.07) is 0. The molecule has 1 saturated carbocycles. The first-order valence-electron chi connectivity index (χ1n) is 4.32. The van der Waals surface area contributed by atoms with E-state index < -0.39 is 0 Å². The van der Waals surface area contributed by atoms with Crippen LogP contribution in [0, 0.1) is 12.8 Å². The van der Waals surface area contributed by atoms with Crippen molar-refractivity contribution in [1.29, 1.82) is 0 Å². The van der Waals surface area contributed by atoms with Gasteiger partial charge in [-0.3, -0.25) is 0 Å². The van der Waals surface area contributed by atoms with Crippen molar-refractivity contribution >= 4 is 11.3 Å². The fourth-order valence-corrected chi connectivity index (χ4v) is 2.44. The van der Waals surface area contributed by atoms with Gasteiger partial charge >= 0.3 is 0 Å². The molecule has 2 rings (SSSR count). The molecule has 0 radical (unpaired) electrons. The third-order valence-corrected chi connectivity index (χ3v) is 3.75. The summed E-state index contributed by atoms with van der Waals surface area (Å²) in [4.78, 5) is 0. The lowest BCUT2D eigenvalue weighted by Gasteiger charge is -2.01. The molecule has 0 spiro atoms. The average molecular weight is 184 g/mol. The van der Waals surface area contributed by atoms with Gasteiger partial charge < -0.3 is 5.11 Å². The van der Waals surface area contributed by atoms with E-state index in [0.717, 1.165) is 5.01 Å². The fourth-order valence-electron chi connectivity index (χ4n) is 1.36. The second-order valence-corrected chi connectivity index (χ2v) is 4.45. The molecule has 66 valence electrons. The molecule has 1 atom stereocenters. The summed E-state index contributed by atoms with van der Waals surface area (Å²) in [7, 11) is 2.02. The van der Waals surface area contributed by atoms with Gasteiger partial charge in [-0.2, -0.15) is 4.57 Å². The quantitative estimate of drug-likeness (QED) is 0.689. The number of rotatable bonds is 2. The van der Waals surface area contributed by atoms with Gasteiger partial charge in [0, 0.05) is 6.92 Å². The van der Waals surface area contributed by atoms with E-state index >= 15 is 0 Å². The molecule has 1 aromatic heterocycles. The number of aliphatic hydroxyl groups excluding tert-OH is 1. The van der Waals surface area contributed by atoms with Crippen LogP contribution in [0.3, 0.4) is 0 Å². The van der Waals surface area contributed by atoms with Crippen LogP contribution in [0.4, 0.5) is 0 Å². The second-order valence-electron chi connectivity index (χ2n) is 3.56. The fraction of sp³-hybridized carbons (Fsp3) is 0.667. The molecule has 1 aliphatic carbocycles. The smallest absolute Gasteiger partial charge is 0.266 e. The molecule has 0 bridgehead atoms. The number of thiazole rings is 1. The summed E-state index contributed by atoms with van der Waals surface area (Å²) in [5, 5.41) is 13.0. The van der Waals surface area contributed by atoms with E-state index in [1.807, 2.05) is 7.05 Å². The number of hydrogen-bond acceptors (Lipinski definition) is 2. The Labute approximate surface area is 76.5 Å². The lowest BCUT2D eigenvalue weighted by molar-refractivity contribution is -0.683. The Hall–Kier alpha value is -0.410. The second kappa shape index (κ2) is 2.82. The maximum Gasteiger partial charge on any atom is 0.266 e. The van der Waals surface area contributed by atoms with Crippen LogP contribution in [-0.4, -0.2) is 5.11 Å². The molecule has 1 aliphatic rings. The zero-order valence-corrected chi connectivity index (χ0v) is 8.27. The highest BCUT2D eigenvalue weighted by molar-refractivity contribution is 7.09. The molecular formula is C9H14NOS+. The first-order valence-corrected chi connectivity index (χ1v) is 5.20. The molecule has 1 unspecified atom stereocenters. The Balaban J connectivity index is 2.25. The van der Waals surface area contributed by atoms with Crippen molar-refractivity contribution in [1.82, 2.24) is 0 Å². The van der Waals surface area contributed by atoms with Crippen molar-refractivity contribution in [3.05, 3.63) is 16.1 Å². The SMILES string of the molecule is Cc1csc(C(O)C2CC2)[n+]1C. The number of hydrogen-bond donors (Lipinski definition) is 1. The van der Waals surface area contributed by atoms with Gasteiger partial charge in [-0.15, -0.1) is 0 Å². The largest absolute Gasteiger partial charge is 0.381 e. The monoisotopic (exact) mass is 184 g/mol. The lowest BCUT2D eigenvalue weighted by atomic mass is 10.2. The van der Waals surface area contributed by atoms with Crippen LogP contribution in [0.25, 0.3) is 0 Å². The molecule has 12 heavy (non-hydrogen) atoms. The number of nitrogens with zero attached hydrogens (tertiary/aromatic N) is 1. The van der Waals surface area contributed by atoms with Crippen LogP contribution in [0.15, 0.2) is 5.38 Å². The highest BCUT2D eigenvalue weighted by Gasteiger charge is 2.36. The first-order chi connectivity index (χ1) is 5.70. The van der Waals surface area contributed by atoms with Gasteiger partial charge in [-0.25, -0.2) is 0 Å². The Morgan fingerprint density at radius 3 is 2.75 bits per heavy atom. The minimum absolute atomic E-state index is 0.214. The predicted octanol–water partition coefficient (Wildman–Crippen LogP) is 1.32. The van der Waals surface area contributed by atoms with Crippen molar-refractivity contribution in [3.63, 3.8) is 0 Å². The van der Waals surface area contributed by atoms with Gasteiger partial charge in [0.05, 0.1) is 5.38 Å². The molecule has 1 aromatic rings. The highest BCUT2D eigenvalue weighted by atomic mass is 32.1. The van der Waals surface area contributed by atoms with Gasteiger partial charge in [0.2, 0.25) is 0 Å². The van der Waals surface area contributed by atoms with E-state index in [0.29, 0.717) is 5.92 Å². The summed E-state index contributed by atoms with van der Waals surface area (Å²) in [5.41, 5.74) is 1.23. The summed E-state index contributed by atoms with van der Waals surface area (Å²) >= 11 is 1.67. The summed E-state index contributed by atoms with van der Waals surface area (Å²) < 4.78 is 2.09. The van der Waals surface area contributed by atoms with Crippen molar-refractivity contribution in [2.75, 3.05) is 0 Å². The number of aryl methyl sites for hydroxylation is 1. The molecule has 1 heterocycles. The third-order valence-electron chi connectivity index (χ3n) is 2.53. The van der Waals surface area contributed by atoms with Crippen molar-refractivity contribution in [2.45, 2.75) is 25.9 Å². The predicted molar refractivity (Wildman–Crippen MR) is 47.9 cm³/mol. The Morgan fingerprint density at radius 2 is 2.33 bits per heavy atom. The number of aliphatic hydroxyl groups is 1. The molecule has 0 amide bonds. The molecule has 1 fully saturated rings. The maximum atomic E-state index is 9.84. The van der Waals surface area contributed by atoms with E-state index in [4.69, 9.17) is 0 Å². The van der Waals surface area contributed by atoms with E-state index in [1.54, 1.807) is 11.3 Å². The van der Waals surface area contributed by atoms with E-state index in [-0.39, 0.29) is 6.10 Å². The molecule has 0 aromatic carbocycles. The van der Waals surface area contributed by atoms with Crippen LogP contribution < -0.4 is 4.57 Å². The summed E-state index contributed by atoms with van der Waals surface area (Å²) in [5.74, 6) is 0.536. The van der Waals surface area contributed by atoms with Gasteiger partial charge in [0.15, 0.2) is 11.8 Å². The van der Waals surface area contributed by atoms with Crippen LogP contribution in [-0.2, 0) is 7.05 Å². The number of aromatic nitrogens is 1. The third kappa shape index (κ3) is 1.27. The minimum Gasteiger partial charge on any atom is -0.381 e. The first kappa shape index (κ1) is 8.20.